The summed E-state index contributed by atoms with van der Waals surface area (Å²) in [5, 5.41) is 13.6. The largest absolute Gasteiger partial charge is 0.455 e. The fourth-order valence-corrected chi connectivity index (χ4v) is 9.72. The number of ether oxygens (including phenoxy) is 2. The highest BCUT2D eigenvalue weighted by atomic mass is 79.9. The predicted octanol–water partition coefficient (Wildman–Crippen LogP) is 5.74. The van der Waals surface area contributed by atoms with Crippen molar-refractivity contribution in [3.8, 4) is 0 Å². The van der Waals surface area contributed by atoms with Crippen LogP contribution in [0.3, 0.4) is 0 Å². The lowest BCUT2D eigenvalue weighted by Gasteiger charge is -2.46. The Hall–Kier alpha value is -3.02. The molecule has 3 saturated heterocycles. The van der Waals surface area contributed by atoms with Crippen LogP contribution in [0, 0.1) is 23.2 Å². The zero-order valence-electron chi connectivity index (χ0n) is 31.4. The molecule has 0 aromatic heterocycles. The zero-order valence-corrected chi connectivity index (χ0v) is 33.0. The molecule has 3 heterocycles. The Morgan fingerprint density at radius 1 is 1.16 bits per heavy atom. The second kappa shape index (κ2) is 16.3. The SMILES string of the molecule is C=CCCC(=O)NC[C@@H](OC(=O)[C@H]1[C@@H]2O[C@@]3(CC2Br)[C@@H]1C(=O)N([C@@H](CO)CC(C)C)[C@@H]3C(=O)N(CC=C)C(C)(C)CC(C)(C)C)c1ccccc1. The topological polar surface area (TPSA) is 125 Å². The van der Waals surface area contributed by atoms with Crippen molar-refractivity contribution in [3.05, 3.63) is 61.2 Å². The average Bonchev–Trinajstić information content (AvgIpc) is 3.65. The van der Waals surface area contributed by atoms with Crippen LogP contribution >= 0.6 is 15.9 Å². The molecule has 2 N–H and O–H groups in total. The van der Waals surface area contributed by atoms with Gasteiger partial charge in [0.05, 0.1) is 37.1 Å². The maximum atomic E-state index is 15.2. The lowest BCUT2D eigenvalue weighted by molar-refractivity contribution is -0.161. The van der Waals surface area contributed by atoms with E-state index in [0.29, 0.717) is 31.2 Å². The van der Waals surface area contributed by atoms with Crippen molar-refractivity contribution < 1.29 is 33.8 Å². The molecule has 0 saturated carbocycles. The normalized spacial score (nSPS) is 26.8. The van der Waals surface area contributed by atoms with Crippen LogP contribution in [0.2, 0.25) is 0 Å². The molecule has 3 aliphatic rings. The van der Waals surface area contributed by atoms with Gasteiger partial charge in [0, 0.05) is 23.3 Å². The lowest BCUT2D eigenvalue weighted by atomic mass is 9.70. The number of nitrogens with zero attached hydrogens (tertiary/aromatic N) is 2. The van der Waals surface area contributed by atoms with Gasteiger partial charge in [-0.25, -0.2) is 0 Å². The minimum atomic E-state index is -1.33. The number of aliphatic hydroxyl groups is 1. The number of carbonyl (C=O) groups is 4. The molecule has 4 rings (SSSR count). The Bertz CT molecular complexity index is 1440. The molecule has 0 radical (unpaired) electrons. The summed E-state index contributed by atoms with van der Waals surface area (Å²) in [4.78, 5) is 60.0. The van der Waals surface area contributed by atoms with Crippen LogP contribution in [0.25, 0.3) is 0 Å². The number of nitrogens with one attached hydrogen (secondary N) is 1. The van der Waals surface area contributed by atoms with Crippen LogP contribution in [0.15, 0.2) is 55.6 Å². The van der Waals surface area contributed by atoms with E-state index in [9.17, 15) is 19.5 Å². The number of rotatable bonds is 17. The quantitative estimate of drug-likeness (QED) is 0.118. The first-order valence-corrected chi connectivity index (χ1v) is 19.1. The molecule has 3 aliphatic heterocycles. The van der Waals surface area contributed by atoms with Crippen LogP contribution in [-0.4, -0.2) is 92.4 Å². The third-order valence-electron chi connectivity index (χ3n) is 10.3. The molecule has 3 fully saturated rings. The Morgan fingerprint density at radius 3 is 2.39 bits per heavy atom. The Balaban J connectivity index is 1.77. The van der Waals surface area contributed by atoms with Crippen molar-refractivity contribution in [1.82, 2.24) is 15.1 Å². The van der Waals surface area contributed by atoms with Crippen molar-refractivity contribution in [2.75, 3.05) is 19.7 Å². The molecule has 11 heteroatoms. The number of fused-ring (bicyclic) bond motifs is 1. The standard InChI is InChI=1S/C40H58BrN3O7/c1-10-12-18-30(46)42-22-29(26-16-14-13-15-17-26)50-37(49)31-32-35(47)44(27(23-45)20-25(3)4)34(40(32)21-28(41)33(31)51-40)36(48)43(19-11-2)39(8,9)24-38(5,6)7/h10-11,13-17,25,27-29,31-34,45H,1-2,12,18-24H2,3-9H3,(H,42,46)/t27-,28?,29-,31-,32+,33-,34-,40+/m1/s1. The third-order valence-corrected chi connectivity index (χ3v) is 11.2. The molecular weight excluding hydrogens is 714 g/mol. The van der Waals surface area contributed by atoms with E-state index in [1.807, 2.05) is 58.0 Å². The first-order valence-electron chi connectivity index (χ1n) is 18.2. The summed E-state index contributed by atoms with van der Waals surface area (Å²) in [5.41, 5.74) is -1.38. The van der Waals surface area contributed by atoms with Gasteiger partial charge < -0.3 is 29.7 Å². The molecule has 282 valence electrons. The summed E-state index contributed by atoms with van der Waals surface area (Å²) in [5.74, 6) is -3.43. The van der Waals surface area contributed by atoms with Crippen molar-refractivity contribution in [2.24, 2.45) is 23.2 Å². The molecule has 1 unspecified atom stereocenters. The second-order valence-corrected chi connectivity index (χ2v) is 17.8. The number of aliphatic hydroxyl groups excluding tert-OH is 1. The Morgan fingerprint density at radius 2 is 1.82 bits per heavy atom. The summed E-state index contributed by atoms with van der Waals surface area (Å²) >= 11 is 3.76. The van der Waals surface area contributed by atoms with E-state index in [0.717, 1.165) is 0 Å². The number of benzene rings is 1. The van der Waals surface area contributed by atoms with Gasteiger partial charge in [-0.3, -0.25) is 19.2 Å². The Kier molecular flexibility index (Phi) is 13.0. The molecule has 8 atom stereocenters. The number of esters is 1. The molecular formula is C40H58BrN3O7. The highest BCUT2D eigenvalue weighted by Crippen LogP contribution is 2.61. The summed E-state index contributed by atoms with van der Waals surface area (Å²) < 4.78 is 13.0. The number of hydrogen-bond donors (Lipinski definition) is 2. The minimum Gasteiger partial charge on any atom is -0.455 e. The first kappa shape index (κ1) is 40.7. The van der Waals surface area contributed by atoms with Gasteiger partial charge in [0.25, 0.3) is 0 Å². The molecule has 10 nitrogen and oxygen atoms in total. The van der Waals surface area contributed by atoms with Crippen LogP contribution in [0.5, 0.6) is 0 Å². The van der Waals surface area contributed by atoms with Crippen LogP contribution in [0.4, 0.5) is 0 Å². The molecule has 1 aromatic carbocycles. The van der Waals surface area contributed by atoms with Crippen molar-refractivity contribution >= 4 is 39.6 Å². The molecule has 1 spiro atoms. The summed E-state index contributed by atoms with van der Waals surface area (Å²) in [6.45, 7) is 22.0. The molecule has 1 aromatic rings. The van der Waals surface area contributed by atoms with Crippen molar-refractivity contribution in [1.29, 1.82) is 0 Å². The number of allylic oxidation sites excluding steroid dienone is 1. The average molecular weight is 773 g/mol. The van der Waals surface area contributed by atoms with Gasteiger partial charge in [-0.1, -0.05) is 93.0 Å². The number of alkyl halides is 1. The van der Waals surface area contributed by atoms with Gasteiger partial charge in [0.15, 0.2) is 0 Å². The number of carbonyl (C=O) groups excluding carboxylic acids is 4. The fraction of sp³-hybridized carbons (Fsp3) is 0.650. The molecule has 0 aliphatic carbocycles. The van der Waals surface area contributed by atoms with Crippen LogP contribution < -0.4 is 5.32 Å². The second-order valence-electron chi connectivity index (χ2n) is 16.6. The lowest BCUT2D eigenvalue weighted by Crippen LogP contribution is -2.62. The van der Waals surface area contributed by atoms with E-state index < -0.39 is 59.1 Å². The van der Waals surface area contributed by atoms with Gasteiger partial charge in [-0.2, -0.15) is 0 Å². The molecule has 51 heavy (non-hydrogen) atoms. The van der Waals surface area contributed by atoms with Gasteiger partial charge >= 0.3 is 5.97 Å². The van der Waals surface area contributed by atoms with E-state index in [1.165, 1.54) is 4.90 Å². The smallest absolute Gasteiger partial charge is 0.313 e. The number of amides is 3. The van der Waals surface area contributed by atoms with E-state index in [4.69, 9.17) is 9.47 Å². The predicted molar refractivity (Wildman–Crippen MR) is 201 cm³/mol. The number of halogens is 1. The van der Waals surface area contributed by atoms with Crippen molar-refractivity contribution in [2.45, 2.75) is 121 Å². The highest BCUT2D eigenvalue weighted by Gasteiger charge is 2.78. The van der Waals surface area contributed by atoms with Gasteiger partial charge in [0.1, 0.15) is 17.7 Å². The van der Waals surface area contributed by atoms with E-state index in [2.05, 4.69) is 55.2 Å². The Labute approximate surface area is 312 Å². The summed E-state index contributed by atoms with van der Waals surface area (Å²) in [7, 11) is 0. The van der Waals surface area contributed by atoms with Crippen molar-refractivity contribution in [3.63, 3.8) is 0 Å². The molecule has 2 bridgehead atoms. The third kappa shape index (κ3) is 8.62. The van der Waals surface area contributed by atoms with Crippen LogP contribution in [-0.2, 0) is 28.7 Å². The van der Waals surface area contributed by atoms with Crippen LogP contribution in [0.1, 0.15) is 92.2 Å². The number of hydrogen-bond acceptors (Lipinski definition) is 7. The minimum absolute atomic E-state index is 0.0407. The monoisotopic (exact) mass is 771 g/mol. The van der Waals surface area contributed by atoms with E-state index in [1.54, 1.807) is 17.1 Å². The van der Waals surface area contributed by atoms with E-state index >= 15 is 4.79 Å². The van der Waals surface area contributed by atoms with E-state index in [-0.39, 0.29) is 54.1 Å². The fourth-order valence-electron chi connectivity index (χ4n) is 8.78. The maximum absolute atomic E-state index is 15.2. The zero-order chi connectivity index (χ0) is 37.9. The summed E-state index contributed by atoms with van der Waals surface area (Å²) in [6.07, 6.45) is 4.04. The number of likely N-dealkylation sites (tertiary alicyclic amines) is 1. The first-order chi connectivity index (χ1) is 23.9. The maximum Gasteiger partial charge on any atom is 0.313 e. The van der Waals surface area contributed by atoms with Gasteiger partial charge in [-0.15, -0.1) is 13.2 Å². The molecule has 3 amide bonds. The van der Waals surface area contributed by atoms with Gasteiger partial charge in [-0.05, 0) is 56.4 Å². The highest BCUT2D eigenvalue weighted by molar-refractivity contribution is 9.09. The van der Waals surface area contributed by atoms with Gasteiger partial charge in [0.2, 0.25) is 17.7 Å². The summed E-state index contributed by atoms with van der Waals surface area (Å²) in [6, 6.07) is 7.40.